The van der Waals surface area contributed by atoms with E-state index in [1.54, 1.807) is 6.08 Å². The van der Waals surface area contributed by atoms with Crippen LogP contribution in [0.15, 0.2) is 146 Å². The molecule has 1 atom stereocenters. The molecule has 0 heterocycles. The lowest BCUT2D eigenvalue weighted by molar-refractivity contribution is -0.166. The molecule has 0 aliphatic rings. The number of ether oxygens (including phenoxy) is 3. The Labute approximate surface area is 474 Å². The predicted molar refractivity (Wildman–Crippen MR) is 334 cm³/mol. The Kier molecular flexibility index (Phi) is 59.9. The fourth-order valence-corrected chi connectivity index (χ4v) is 8.22. The van der Waals surface area contributed by atoms with Gasteiger partial charge in [-0.3, -0.25) is 14.4 Å². The summed E-state index contributed by atoms with van der Waals surface area (Å²) in [4.78, 5) is 38.1. The van der Waals surface area contributed by atoms with Gasteiger partial charge in [-0.25, -0.2) is 0 Å². The topological polar surface area (TPSA) is 78.9 Å². The van der Waals surface area contributed by atoms with Crippen molar-refractivity contribution in [1.82, 2.24) is 0 Å². The second-order valence-corrected chi connectivity index (χ2v) is 20.2. The van der Waals surface area contributed by atoms with Crippen molar-refractivity contribution in [3.8, 4) is 0 Å². The summed E-state index contributed by atoms with van der Waals surface area (Å²) in [5, 5.41) is 0. The van der Waals surface area contributed by atoms with Crippen LogP contribution in [0.3, 0.4) is 0 Å². The summed E-state index contributed by atoms with van der Waals surface area (Å²) in [7, 11) is 0. The smallest absolute Gasteiger partial charge is 0.310 e. The zero-order valence-electron chi connectivity index (χ0n) is 49.7. The Morgan fingerprint density at radius 1 is 0.286 bits per heavy atom. The van der Waals surface area contributed by atoms with Gasteiger partial charge in [-0.15, -0.1) is 0 Å². The first kappa shape index (κ1) is 72.3. The maximum atomic E-state index is 12.8. The van der Waals surface area contributed by atoms with Crippen LogP contribution in [0.1, 0.15) is 265 Å². The number of carbonyl (C=O) groups excluding carboxylic acids is 3. The molecule has 434 valence electrons. The first-order valence-corrected chi connectivity index (χ1v) is 31.3. The average molecular weight is 1060 g/mol. The maximum absolute atomic E-state index is 12.8. The van der Waals surface area contributed by atoms with Crippen LogP contribution >= 0.6 is 0 Å². The van der Waals surface area contributed by atoms with Gasteiger partial charge in [0, 0.05) is 12.8 Å². The number of carbonyl (C=O) groups is 3. The van der Waals surface area contributed by atoms with Gasteiger partial charge in [0.25, 0.3) is 0 Å². The Balaban J connectivity index is 4.32. The van der Waals surface area contributed by atoms with Crippen molar-refractivity contribution in [3.63, 3.8) is 0 Å². The zero-order chi connectivity index (χ0) is 55.7. The van der Waals surface area contributed by atoms with Crippen molar-refractivity contribution >= 4 is 17.9 Å². The van der Waals surface area contributed by atoms with Crippen molar-refractivity contribution in [3.05, 3.63) is 146 Å². The molecule has 77 heavy (non-hydrogen) atoms. The van der Waals surface area contributed by atoms with E-state index in [0.29, 0.717) is 19.3 Å². The molecule has 0 aromatic heterocycles. The van der Waals surface area contributed by atoms with E-state index in [-0.39, 0.29) is 31.6 Å². The van der Waals surface area contributed by atoms with Crippen LogP contribution in [0.5, 0.6) is 0 Å². The summed E-state index contributed by atoms with van der Waals surface area (Å²) in [6.45, 7) is 6.30. The van der Waals surface area contributed by atoms with Crippen molar-refractivity contribution in [2.75, 3.05) is 13.2 Å². The van der Waals surface area contributed by atoms with Gasteiger partial charge in [0.15, 0.2) is 6.10 Å². The third-order valence-corrected chi connectivity index (χ3v) is 12.8. The summed E-state index contributed by atoms with van der Waals surface area (Å²) in [5.41, 5.74) is 0. The van der Waals surface area contributed by atoms with E-state index in [2.05, 4.69) is 154 Å². The Morgan fingerprint density at radius 2 is 0.545 bits per heavy atom. The third kappa shape index (κ3) is 62.0. The normalized spacial score (nSPS) is 13.1. The summed E-state index contributed by atoms with van der Waals surface area (Å²) in [6, 6.07) is 0. The number of unbranched alkanes of at least 4 members (excludes halogenated alkanes) is 21. The molecule has 0 fully saturated rings. The molecular weight excluding hydrogens is 949 g/mol. The SMILES string of the molecule is CC/C=C\C/C=C\C/C=C\C/C=C\C/C=C\C/C=C\CCCCCCCCCCCCCCC(=O)OCC(COC(=O)CCCCCCC/C=C\CCCCCC)OC(=O)C/C=C\C/C=C\C/C=C\C/C=C\C/C=C\CC. The molecule has 0 N–H and O–H groups in total. The molecule has 0 rings (SSSR count). The lowest BCUT2D eigenvalue weighted by atomic mass is 10.0. The van der Waals surface area contributed by atoms with E-state index in [1.165, 1.54) is 103 Å². The van der Waals surface area contributed by atoms with Crippen molar-refractivity contribution in [1.29, 1.82) is 0 Å². The van der Waals surface area contributed by atoms with E-state index < -0.39 is 12.1 Å². The van der Waals surface area contributed by atoms with Crippen molar-refractivity contribution in [2.45, 2.75) is 271 Å². The Morgan fingerprint density at radius 3 is 0.870 bits per heavy atom. The minimum absolute atomic E-state index is 0.0903. The molecule has 0 radical (unpaired) electrons. The van der Waals surface area contributed by atoms with Crippen LogP contribution in [-0.2, 0) is 28.6 Å². The van der Waals surface area contributed by atoms with Gasteiger partial charge in [0.2, 0.25) is 0 Å². The molecule has 0 amide bonds. The number of rotatable bonds is 55. The second-order valence-electron chi connectivity index (χ2n) is 20.2. The minimum Gasteiger partial charge on any atom is -0.462 e. The second kappa shape index (κ2) is 63.8. The fraction of sp³-hybridized carbons (Fsp3) is 0.620. The van der Waals surface area contributed by atoms with E-state index >= 15 is 0 Å². The van der Waals surface area contributed by atoms with Crippen LogP contribution in [0.4, 0.5) is 0 Å². The van der Waals surface area contributed by atoms with E-state index in [0.717, 1.165) is 116 Å². The van der Waals surface area contributed by atoms with Gasteiger partial charge in [-0.2, -0.15) is 0 Å². The molecule has 0 aromatic rings. The van der Waals surface area contributed by atoms with Crippen molar-refractivity contribution < 1.29 is 28.6 Å². The van der Waals surface area contributed by atoms with Gasteiger partial charge >= 0.3 is 17.9 Å². The molecule has 1 unspecified atom stereocenters. The van der Waals surface area contributed by atoms with Gasteiger partial charge in [0.1, 0.15) is 13.2 Å². The monoisotopic (exact) mass is 1060 g/mol. The molecule has 0 saturated carbocycles. The molecule has 6 heteroatoms. The highest BCUT2D eigenvalue weighted by molar-refractivity contribution is 5.72. The number of esters is 3. The Bertz CT molecular complexity index is 1700. The first-order valence-electron chi connectivity index (χ1n) is 31.3. The number of allylic oxidation sites excluding steroid dienone is 23. The highest BCUT2D eigenvalue weighted by atomic mass is 16.6. The summed E-state index contributed by atoms with van der Waals surface area (Å²) >= 11 is 0. The standard InChI is InChI=1S/C71H114O6/c1-4-7-10-13-16-19-22-25-27-28-29-30-31-32-33-34-35-36-37-38-39-40-41-42-44-46-49-52-55-58-61-64-70(73)76-67-68(66-75-69(72)63-60-57-54-51-48-45-24-21-18-15-12-9-6-3)77-71(74)65-62-59-56-53-50-47-43-26-23-20-17-14-11-8-5-2/h7-8,10-11,16-17,19-21,24-27,29-30,32-33,35-36,43,50,53,59,62,68H,4-6,9,12-15,18,22-23,28,31,34,37-42,44-49,51-52,54-58,60-61,63-67H2,1-3H3/b10-7-,11-8-,19-16-,20-17-,24-21-,27-25-,30-29-,33-32-,36-35-,43-26-,53-50-,62-59-. The van der Waals surface area contributed by atoms with Crippen LogP contribution in [0, 0.1) is 0 Å². The van der Waals surface area contributed by atoms with E-state index in [1.807, 2.05) is 6.08 Å². The minimum atomic E-state index is -0.842. The average Bonchev–Trinajstić information content (AvgIpc) is 3.43. The molecule has 0 bridgehead atoms. The fourth-order valence-electron chi connectivity index (χ4n) is 8.22. The van der Waals surface area contributed by atoms with Gasteiger partial charge in [-0.1, -0.05) is 269 Å². The van der Waals surface area contributed by atoms with Crippen LogP contribution in [0.2, 0.25) is 0 Å². The van der Waals surface area contributed by atoms with Gasteiger partial charge in [-0.05, 0) is 122 Å². The third-order valence-electron chi connectivity index (χ3n) is 12.8. The van der Waals surface area contributed by atoms with Gasteiger partial charge in [0.05, 0.1) is 6.42 Å². The van der Waals surface area contributed by atoms with E-state index in [4.69, 9.17) is 14.2 Å². The highest BCUT2D eigenvalue weighted by Crippen LogP contribution is 2.15. The number of hydrogen-bond acceptors (Lipinski definition) is 6. The van der Waals surface area contributed by atoms with Crippen molar-refractivity contribution in [2.24, 2.45) is 0 Å². The molecule has 0 spiro atoms. The van der Waals surface area contributed by atoms with Gasteiger partial charge < -0.3 is 14.2 Å². The Hall–Kier alpha value is -4.71. The predicted octanol–water partition coefficient (Wildman–Crippen LogP) is 21.5. The van der Waals surface area contributed by atoms with Crippen LogP contribution in [0.25, 0.3) is 0 Å². The quantitative estimate of drug-likeness (QED) is 0.0261. The van der Waals surface area contributed by atoms with Crippen LogP contribution in [-0.4, -0.2) is 37.2 Å². The highest BCUT2D eigenvalue weighted by Gasteiger charge is 2.19. The molecular formula is C71H114O6. The zero-order valence-corrected chi connectivity index (χ0v) is 49.7. The molecule has 0 aliphatic carbocycles. The lowest BCUT2D eigenvalue weighted by Gasteiger charge is -2.18. The largest absolute Gasteiger partial charge is 0.462 e. The lowest BCUT2D eigenvalue weighted by Crippen LogP contribution is -2.30. The molecule has 6 nitrogen and oxygen atoms in total. The summed E-state index contributed by atoms with van der Waals surface area (Å²) < 4.78 is 16.8. The maximum Gasteiger partial charge on any atom is 0.310 e. The molecule has 0 aromatic carbocycles. The summed E-state index contributed by atoms with van der Waals surface area (Å²) in [6.07, 6.45) is 91.7. The number of hydrogen-bond donors (Lipinski definition) is 0. The first-order chi connectivity index (χ1) is 38.0. The van der Waals surface area contributed by atoms with E-state index in [9.17, 15) is 14.4 Å². The molecule has 0 aliphatic heterocycles. The van der Waals surface area contributed by atoms with Crippen LogP contribution < -0.4 is 0 Å². The molecule has 0 saturated heterocycles. The summed E-state index contributed by atoms with van der Waals surface area (Å²) in [5.74, 6) is -1.07.